The molecule has 1 N–H and O–H groups in total. The molecule has 0 bridgehead atoms. The number of carbonyl (C=O) groups is 2. The highest BCUT2D eigenvalue weighted by atomic mass is 16.2. The molecular formula is C21H22N2O2. The number of hydrogen-bond donors (Lipinski definition) is 1. The number of nitrogens with one attached hydrogen (secondary N) is 1. The van der Waals surface area contributed by atoms with Crippen molar-refractivity contribution in [2.45, 2.75) is 32.7 Å². The Labute approximate surface area is 147 Å². The van der Waals surface area contributed by atoms with E-state index in [2.05, 4.69) is 30.4 Å². The third-order valence-electron chi connectivity index (χ3n) is 5.41. The zero-order chi connectivity index (χ0) is 17.6. The van der Waals surface area contributed by atoms with Crippen LogP contribution < -0.4 is 10.2 Å². The molecular weight excluding hydrogens is 312 g/mol. The smallest absolute Gasteiger partial charge is 0.251 e. The molecule has 2 aliphatic rings. The van der Waals surface area contributed by atoms with Crippen LogP contribution in [0.2, 0.25) is 0 Å². The minimum atomic E-state index is -0.0439. The van der Waals surface area contributed by atoms with Crippen LogP contribution in [0.25, 0.3) is 0 Å². The second kappa shape index (κ2) is 6.03. The van der Waals surface area contributed by atoms with Crippen LogP contribution in [-0.4, -0.2) is 18.4 Å². The molecule has 25 heavy (non-hydrogen) atoms. The normalized spacial score (nSPS) is 21.0. The number of amides is 2. The van der Waals surface area contributed by atoms with Crippen LogP contribution in [0.5, 0.6) is 0 Å². The second-order valence-electron chi connectivity index (χ2n) is 7.10. The average Bonchev–Trinajstić information content (AvgIpc) is 3.16. The lowest BCUT2D eigenvalue weighted by atomic mass is 10.0. The summed E-state index contributed by atoms with van der Waals surface area (Å²) in [7, 11) is 0. The highest BCUT2D eigenvalue weighted by Crippen LogP contribution is 2.36. The Balaban J connectivity index is 1.56. The van der Waals surface area contributed by atoms with Gasteiger partial charge in [-0.05, 0) is 53.6 Å². The van der Waals surface area contributed by atoms with Crippen molar-refractivity contribution < 1.29 is 9.59 Å². The summed E-state index contributed by atoms with van der Waals surface area (Å²) in [6, 6.07) is 14.0. The van der Waals surface area contributed by atoms with Crippen LogP contribution in [0.1, 0.15) is 46.9 Å². The summed E-state index contributed by atoms with van der Waals surface area (Å²) in [5, 5.41) is 3.21. The maximum absolute atomic E-state index is 12.8. The molecule has 0 spiro atoms. The summed E-state index contributed by atoms with van der Waals surface area (Å²) in [6.45, 7) is 4.45. The number of rotatable bonds is 2. The first-order valence-corrected chi connectivity index (χ1v) is 8.84. The van der Waals surface area contributed by atoms with E-state index >= 15 is 0 Å². The maximum atomic E-state index is 12.8. The third kappa shape index (κ3) is 2.72. The molecule has 0 aromatic heterocycles. The molecule has 1 aliphatic carbocycles. The second-order valence-corrected chi connectivity index (χ2v) is 7.10. The van der Waals surface area contributed by atoms with Crippen molar-refractivity contribution in [2.75, 3.05) is 11.4 Å². The van der Waals surface area contributed by atoms with Gasteiger partial charge < -0.3 is 10.2 Å². The number of anilines is 1. The predicted molar refractivity (Wildman–Crippen MR) is 97.7 cm³/mol. The molecule has 0 fully saturated rings. The van der Waals surface area contributed by atoms with Crippen molar-refractivity contribution in [1.82, 2.24) is 5.32 Å². The van der Waals surface area contributed by atoms with Crippen molar-refractivity contribution >= 4 is 17.5 Å². The molecule has 4 rings (SSSR count). The summed E-state index contributed by atoms with van der Waals surface area (Å²) in [4.78, 5) is 26.2. The van der Waals surface area contributed by atoms with E-state index in [0.29, 0.717) is 18.0 Å². The fourth-order valence-electron chi connectivity index (χ4n) is 4.11. The fourth-order valence-corrected chi connectivity index (χ4v) is 4.11. The van der Waals surface area contributed by atoms with E-state index in [4.69, 9.17) is 0 Å². The van der Waals surface area contributed by atoms with Gasteiger partial charge in [0.05, 0.1) is 6.04 Å². The molecule has 0 radical (unpaired) electrons. The lowest BCUT2D eigenvalue weighted by molar-refractivity contribution is -0.116. The van der Waals surface area contributed by atoms with Crippen LogP contribution in [0.3, 0.4) is 0 Å². The van der Waals surface area contributed by atoms with Crippen LogP contribution >= 0.6 is 0 Å². The Hall–Kier alpha value is -2.62. The molecule has 2 aromatic carbocycles. The molecule has 2 atom stereocenters. The van der Waals surface area contributed by atoms with Gasteiger partial charge in [0.15, 0.2) is 0 Å². The van der Waals surface area contributed by atoms with E-state index in [1.54, 1.807) is 11.8 Å². The van der Waals surface area contributed by atoms with Crippen LogP contribution in [0, 0.1) is 5.92 Å². The van der Waals surface area contributed by atoms with Gasteiger partial charge in [0.1, 0.15) is 0 Å². The minimum absolute atomic E-state index is 0.0439. The van der Waals surface area contributed by atoms with E-state index < -0.39 is 0 Å². The maximum Gasteiger partial charge on any atom is 0.251 e. The summed E-state index contributed by atoms with van der Waals surface area (Å²) in [5.74, 6) is 0.397. The van der Waals surface area contributed by atoms with E-state index in [1.165, 1.54) is 11.1 Å². The summed E-state index contributed by atoms with van der Waals surface area (Å²) in [5.41, 5.74) is 5.23. The monoisotopic (exact) mass is 334 g/mol. The summed E-state index contributed by atoms with van der Waals surface area (Å²) >= 11 is 0. The number of fused-ring (bicyclic) bond motifs is 2. The Morgan fingerprint density at radius 3 is 2.72 bits per heavy atom. The highest BCUT2D eigenvalue weighted by molar-refractivity contribution is 5.98. The average molecular weight is 334 g/mol. The number of benzene rings is 2. The SMILES string of the molecule is CC(=O)N1CCc2cc(C(=O)N[C@H]3c4ccccc4C[C@@H]3C)ccc21. The molecule has 4 nitrogen and oxygen atoms in total. The van der Waals surface area contributed by atoms with Gasteiger partial charge in [0.2, 0.25) is 5.91 Å². The minimum Gasteiger partial charge on any atom is -0.345 e. The predicted octanol–water partition coefficient (Wildman–Crippen LogP) is 3.26. The Morgan fingerprint density at radius 2 is 1.92 bits per heavy atom. The van der Waals surface area contributed by atoms with Gasteiger partial charge >= 0.3 is 0 Å². The fraction of sp³-hybridized carbons (Fsp3) is 0.333. The summed E-state index contributed by atoms with van der Waals surface area (Å²) in [6.07, 6.45) is 1.80. The lowest BCUT2D eigenvalue weighted by Crippen LogP contribution is -2.30. The topological polar surface area (TPSA) is 49.4 Å². The standard InChI is InChI=1S/C21H22N2O2/c1-13-11-15-5-3-4-6-18(15)20(13)22-21(25)17-7-8-19-16(12-17)9-10-23(19)14(2)24/h3-8,12-13,20H,9-11H2,1-2H3,(H,22,25)/t13-,20+/m0/s1. The first-order chi connectivity index (χ1) is 12.0. The summed E-state index contributed by atoms with van der Waals surface area (Å²) < 4.78 is 0. The molecule has 1 heterocycles. The molecule has 0 unspecified atom stereocenters. The van der Waals surface area contributed by atoms with E-state index in [0.717, 1.165) is 24.1 Å². The molecule has 4 heteroatoms. The molecule has 1 aliphatic heterocycles. The molecule has 0 saturated heterocycles. The van der Waals surface area contributed by atoms with Gasteiger partial charge in [0.25, 0.3) is 5.91 Å². The van der Waals surface area contributed by atoms with E-state index in [1.807, 2.05) is 24.3 Å². The van der Waals surface area contributed by atoms with Crippen molar-refractivity contribution in [3.63, 3.8) is 0 Å². The number of hydrogen-bond acceptors (Lipinski definition) is 2. The van der Waals surface area contributed by atoms with Crippen LogP contribution in [0.15, 0.2) is 42.5 Å². The van der Waals surface area contributed by atoms with Crippen molar-refractivity contribution in [1.29, 1.82) is 0 Å². The Morgan fingerprint density at radius 1 is 1.12 bits per heavy atom. The van der Waals surface area contributed by atoms with Crippen LogP contribution in [0.4, 0.5) is 5.69 Å². The van der Waals surface area contributed by atoms with Crippen molar-refractivity contribution in [2.24, 2.45) is 5.92 Å². The van der Waals surface area contributed by atoms with Gasteiger partial charge in [-0.15, -0.1) is 0 Å². The largest absolute Gasteiger partial charge is 0.345 e. The zero-order valence-electron chi connectivity index (χ0n) is 14.6. The van der Waals surface area contributed by atoms with Gasteiger partial charge in [-0.2, -0.15) is 0 Å². The van der Waals surface area contributed by atoms with E-state index in [9.17, 15) is 9.59 Å². The number of carbonyl (C=O) groups excluding carboxylic acids is 2. The Kier molecular flexibility index (Phi) is 3.83. The van der Waals surface area contributed by atoms with Gasteiger partial charge in [-0.1, -0.05) is 31.2 Å². The van der Waals surface area contributed by atoms with Gasteiger partial charge in [-0.25, -0.2) is 0 Å². The molecule has 0 saturated carbocycles. The Bertz CT molecular complexity index is 859. The van der Waals surface area contributed by atoms with Gasteiger partial charge in [-0.3, -0.25) is 9.59 Å². The quantitative estimate of drug-likeness (QED) is 0.916. The third-order valence-corrected chi connectivity index (χ3v) is 5.41. The molecule has 128 valence electrons. The van der Waals surface area contributed by atoms with Gasteiger partial charge in [0, 0.05) is 24.7 Å². The zero-order valence-corrected chi connectivity index (χ0v) is 14.6. The van der Waals surface area contributed by atoms with E-state index in [-0.39, 0.29) is 17.9 Å². The first kappa shape index (κ1) is 15.9. The van der Waals surface area contributed by atoms with Crippen molar-refractivity contribution in [3.05, 3.63) is 64.7 Å². The first-order valence-electron chi connectivity index (χ1n) is 8.84. The molecule has 2 aromatic rings. The lowest BCUT2D eigenvalue weighted by Gasteiger charge is -2.19. The van der Waals surface area contributed by atoms with Crippen molar-refractivity contribution in [3.8, 4) is 0 Å². The number of nitrogens with zero attached hydrogens (tertiary/aromatic N) is 1. The van der Waals surface area contributed by atoms with Crippen LogP contribution in [-0.2, 0) is 17.6 Å². The molecule has 2 amide bonds. The highest BCUT2D eigenvalue weighted by Gasteiger charge is 2.31.